The maximum atomic E-state index is 5.37. The van der Waals surface area contributed by atoms with Crippen molar-refractivity contribution in [3.63, 3.8) is 0 Å². The lowest BCUT2D eigenvalue weighted by Gasteiger charge is -1.97. The Morgan fingerprint density at radius 1 is 1.40 bits per heavy atom. The molecule has 0 aliphatic carbocycles. The van der Waals surface area contributed by atoms with Crippen molar-refractivity contribution in [3.05, 3.63) is 27.3 Å². The summed E-state index contributed by atoms with van der Waals surface area (Å²) in [7, 11) is 0. The number of benzene rings is 1. The van der Waals surface area contributed by atoms with E-state index in [0.717, 1.165) is 18.8 Å². The fraction of sp³-hybridized carbons (Fsp3) is 0.250. The lowest BCUT2D eigenvalue weighted by Crippen LogP contribution is -1.86. The Bertz CT molecular complexity index is 257. The van der Waals surface area contributed by atoms with Gasteiger partial charge < -0.3 is 4.74 Å². The van der Waals surface area contributed by atoms with E-state index in [9.17, 15) is 0 Å². The minimum Gasteiger partial charge on any atom is -0.493 e. The normalized spacial score (nSPS) is 14.5. The predicted octanol–water partition coefficient (Wildman–Crippen LogP) is 2.23. The highest BCUT2D eigenvalue weighted by Crippen LogP contribution is 2.28. The lowest BCUT2D eigenvalue weighted by atomic mass is 10.2. The molecule has 2 heteroatoms. The summed E-state index contributed by atoms with van der Waals surface area (Å²) in [5.74, 6) is 1.08. The summed E-state index contributed by atoms with van der Waals surface area (Å²) >= 11 is 2.35. The van der Waals surface area contributed by atoms with Crippen molar-refractivity contribution < 1.29 is 4.74 Å². The number of fused-ring (bicyclic) bond motifs is 1. The molecule has 1 aromatic carbocycles. The van der Waals surface area contributed by atoms with Gasteiger partial charge in [0.25, 0.3) is 0 Å². The van der Waals surface area contributed by atoms with E-state index in [2.05, 4.69) is 28.7 Å². The lowest BCUT2D eigenvalue weighted by molar-refractivity contribution is 0.357. The largest absolute Gasteiger partial charge is 0.493 e. The Kier molecular flexibility index (Phi) is 1.56. The Morgan fingerprint density at radius 3 is 3.10 bits per heavy atom. The van der Waals surface area contributed by atoms with E-state index in [1.165, 1.54) is 9.13 Å². The van der Waals surface area contributed by atoms with Crippen molar-refractivity contribution in [2.75, 3.05) is 6.61 Å². The van der Waals surface area contributed by atoms with Crippen LogP contribution in [-0.4, -0.2) is 6.61 Å². The third kappa shape index (κ3) is 0.905. The van der Waals surface area contributed by atoms with Gasteiger partial charge in [-0.2, -0.15) is 0 Å². The molecule has 0 N–H and O–H groups in total. The molecule has 0 radical (unpaired) electrons. The first kappa shape index (κ1) is 6.46. The molecule has 0 bridgehead atoms. The average molecular weight is 246 g/mol. The van der Waals surface area contributed by atoms with E-state index in [0.29, 0.717) is 0 Å². The van der Waals surface area contributed by atoms with Gasteiger partial charge in [-0.1, -0.05) is 6.07 Å². The molecule has 1 aromatic rings. The molecule has 52 valence electrons. The first-order valence-electron chi connectivity index (χ1n) is 3.28. The van der Waals surface area contributed by atoms with Crippen LogP contribution in [0.3, 0.4) is 0 Å². The second-order valence-electron chi connectivity index (χ2n) is 2.31. The van der Waals surface area contributed by atoms with Crippen LogP contribution >= 0.6 is 22.6 Å². The molecule has 1 aliphatic heterocycles. The second kappa shape index (κ2) is 2.42. The van der Waals surface area contributed by atoms with Crippen LogP contribution in [0, 0.1) is 3.57 Å². The molecule has 0 amide bonds. The van der Waals surface area contributed by atoms with E-state index in [-0.39, 0.29) is 0 Å². The SMILES string of the molecule is Ic1cccc2c1CCO2. The standard InChI is InChI=1S/C8H7IO/c9-7-2-1-3-8-6(7)4-5-10-8/h1-3H,4-5H2. The molecule has 1 heterocycles. The molecule has 0 fully saturated rings. The van der Waals surface area contributed by atoms with Crippen LogP contribution in [0.1, 0.15) is 5.56 Å². The highest BCUT2D eigenvalue weighted by molar-refractivity contribution is 14.1. The Hall–Kier alpha value is -0.250. The fourth-order valence-electron chi connectivity index (χ4n) is 1.18. The first-order chi connectivity index (χ1) is 4.88. The Labute approximate surface area is 73.5 Å². The van der Waals surface area contributed by atoms with Crippen molar-refractivity contribution >= 4 is 22.6 Å². The minimum atomic E-state index is 0.856. The van der Waals surface area contributed by atoms with Gasteiger partial charge in [-0.15, -0.1) is 0 Å². The van der Waals surface area contributed by atoms with Crippen LogP contribution in [-0.2, 0) is 6.42 Å². The Morgan fingerprint density at radius 2 is 2.30 bits per heavy atom. The van der Waals surface area contributed by atoms with Gasteiger partial charge in [-0.05, 0) is 34.7 Å². The number of halogens is 1. The first-order valence-corrected chi connectivity index (χ1v) is 4.36. The van der Waals surface area contributed by atoms with E-state index in [1.807, 2.05) is 12.1 Å². The van der Waals surface area contributed by atoms with Gasteiger partial charge in [0.05, 0.1) is 6.61 Å². The molecule has 0 unspecified atom stereocenters. The molecule has 10 heavy (non-hydrogen) atoms. The molecule has 1 aliphatic rings. The molecule has 0 saturated heterocycles. The van der Waals surface area contributed by atoms with Crippen LogP contribution in [0.5, 0.6) is 5.75 Å². The quantitative estimate of drug-likeness (QED) is 0.638. The fourth-order valence-corrected chi connectivity index (χ4v) is 1.92. The summed E-state index contributed by atoms with van der Waals surface area (Å²) in [6, 6.07) is 6.19. The number of rotatable bonds is 0. The highest BCUT2D eigenvalue weighted by atomic mass is 127. The minimum absolute atomic E-state index is 0.856. The topological polar surface area (TPSA) is 9.23 Å². The Balaban J connectivity index is 2.59. The zero-order valence-corrected chi connectivity index (χ0v) is 7.59. The summed E-state index contributed by atoms with van der Waals surface area (Å²) in [5, 5.41) is 0. The number of ether oxygens (including phenoxy) is 1. The van der Waals surface area contributed by atoms with Crippen molar-refractivity contribution in [3.8, 4) is 5.75 Å². The van der Waals surface area contributed by atoms with Gasteiger partial charge in [-0.25, -0.2) is 0 Å². The van der Waals surface area contributed by atoms with Crippen LogP contribution in [0.15, 0.2) is 18.2 Å². The molecule has 1 nitrogen and oxygen atoms in total. The van der Waals surface area contributed by atoms with E-state index >= 15 is 0 Å². The van der Waals surface area contributed by atoms with Gasteiger partial charge in [0.2, 0.25) is 0 Å². The molecular weight excluding hydrogens is 239 g/mol. The summed E-state index contributed by atoms with van der Waals surface area (Å²) in [5.41, 5.74) is 1.38. The molecular formula is C8H7IO. The van der Waals surface area contributed by atoms with Crippen LogP contribution in [0.25, 0.3) is 0 Å². The number of hydrogen-bond acceptors (Lipinski definition) is 1. The van der Waals surface area contributed by atoms with Gasteiger partial charge in [0.15, 0.2) is 0 Å². The third-order valence-electron chi connectivity index (χ3n) is 1.69. The molecule has 0 spiro atoms. The summed E-state index contributed by atoms with van der Waals surface area (Å²) in [6.45, 7) is 0.856. The van der Waals surface area contributed by atoms with E-state index < -0.39 is 0 Å². The summed E-state index contributed by atoms with van der Waals surface area (Å²) in [4.78, 5) is 0. The molecule has 2 rings (SSSR count). The summed E-state index contributed by atoms with van der Waals surface area (Å²) in [6.07, 6.45) is 1.08. The summed E-state index contributed by atoms with van der Waals surface area (Å²) < 4.78 is 6.70. The van der Waals surface area contributed by atoms with Gasteiger partial charge in [0, 0.05) is 15.6 Å². The van der Waals surface area contributed by atoms with Gasteiger partial charge in [0.1, 0.15) is 5.75 Å². The van der Waals surface area contributed by atoms with Crippen LogP contribution in [0.2, 0.25) is 0 Å². The zero-order valence-electron chi connectivity index (χ0n) is 5.43. The van der Waals surface area contributed by atoms with E-state index in [4.69, 9.17) is 4.74 Å². The second-order valence-corrected chi connectivity index (χ2v) is 3.48. The smallest absolute Gasteiger partial charge is 0.123 e. The van der Waals surface area contributed by atoms with E-state index in [1.54, 1.807) is 0 Å². The maximum Gasteiger partial charge on any atom is 0.123 e. The third-order valence-corrected chi connectivity index (χ3v) is 2.70. The molecule has 0 atom stereocenters. The van der Waals surface area contributed by atoms with Gasteiger partial charge in [-0.3, -0.25) is 0 Å². The van der Waals surface area contributed by atoms with Gasteiger partial charge >= 0.3 is 0 Å². The monoisotopic (exact) mass is 246 g/mol. The average Bonchev–Trinajstić information content (AvgIpc) is 2.36. The van der Waals surface area contributed by atoms with Crippen molar-refractivity contribution in [2.45, 2.75) is 6.42 Å². The molecule has 0 aromatic heterocycles. The van der Waals surface area contributed by atoms with Crippen LogP contribution in [0.4, 0.5) is 0 Å². The van der Waals surface area contributed by atoms with Crippen molar-refractivity contribution in [2.24, 2.45) is 0 Å². The van der Waals surface area contributed by atoms with Crippen molar-refractivity contribution in [1.82, 2.24) is 0 Å². The highest BCUT2D eigenvalue weighted by Gasteiger charge is 2.13. The zero-order chi connectivity index (χ0) is 6.97. The van der Waals surface area contributed by atoms with Crippen LogP contribution < -0.4 is 4.74 Å². The molecule has 0 saturated carbocycles. The number of hydrogen-bond donors (Lipinski definition) is 0. The maximum absolute atomic E-state index is 5.37. The predicted molar refractivity (Wildman–Crippen MR) is 48.4 cm³/mol. The van der Waals surface area contributed by atoms with Crippen molar-refractivity contribution in [1.29, 1.82) is 0 Å².